The topological polar surface area (TPSA) is 105 Å². The molecule has 0 fully saturated rings. The van der Waals surface area contributed by atoms with Crippen molar-refractivity contribution in [1.29, 1.82) is 0 Å². The van der Waals surface area contributed by atoms with Crippen LogP contribution < -0.4 is 5.32 Å². The van der Waals surface area contributed by atoms with Crippen LogP contribution in [0.15, 0.2) is 97.2 Å². The second kappa shape index (κ2) is 11.4. The third kappa shape index (κ3) is 6.14. The number of nitro benzene ring substituents is 1. The molecule has 0 saturated heterocycles. The Labute approximate surface area is 216 Å². The molecule has 0 aliphatic heterocycles. The molecule has 0 aliphatic carbocycles. The number of carbonyl (C=O) groups is 2. The zero-order valence-corrected chi connectivity index (χ0v) is 20.0. The number of amides is 2. The molecule has 8 nitrogen and oxygen atoms in total. The highest BCUT2D eigenvalue weighted by Crippen LogP contribution is 2.28. The van der Waals surface area contributed by atoms with Gasteiger partial charge in [-0.15, -0.1) is 0 Å². The van der Waals surface area contributed by atoms with Gasteiger partial charge in [-0.1, -0.05) is 48.0 Å². The maximum absolute atomic E-state index is 14.5. The SMILES string of the molecule is O=C(Nc1ccc(Cl)cc1F)C(c1ccccn1)N(Cc1ccccc1)C(=O)c1ccc([N+](=O)[O-])cc1. The zero-order valence-electron chi connectivity index (χ0n) is 19.3. The zero-order chi connectivity index (χ0) is 26.4. The number of pyridine rings is 1. The number of hydrogen-bond donors (Lipinski definition) is 1. The minimum atomic E-state index is -1.26. The van der Waals surface area contributed by atoms with E-state index in [4.69, 9.17) is 11.6 Å². The van der Waals surface area contributed by atoms with Gasteiger partial charge in [0.15, 0.2) is 6.04 Å². The van der Waals surface area contributed by atoms with Gasteiger partial charge in [-0.2, -0.15) is 0 Å². The third-order valence-electron chi connectivity index (χ3n) is 5.50. The van der Waals surface area contributed by atoms with Gasteiger partial charge in [-0.05, 0) is 48.0 Å². The number of nitrogens with one attached hydrogen (secondary N) is 1. The molecule has 0 aliphatic rings. The van der Waals surface area contributed by atoms with Gasteiger partial charge in [-0.25, -0.2) is 4.39 Å². The maximum Gasteiger partial charge on any atom is 0.269 e. The van der Waals surface area contributed by atoms with E-state index in [2.05, 4.69) is 10.3 Å². The Hall–Kier alpha value is -4.63. The predicted octanol–water partition coefficient (Wildman–Crippen LogP) is 5.80. The van der Waals surface area contributed by atoms with Crippen LogP contribution in [-0.4, -0.2) is 26.6 Å². The van der Waals surface area contributed by atoms with Crippen molar-refractivity contribution in [2.75, 3.05) is 5.32 Å². The molecule has 3 aromatic carbocycles. The second-order valence-electron chi connectivity index (χ2n) is 7.99. The average Bonchev–Trinajstić information content (AvgIpc) is 2.91. The summed E-state index contributed by atoms with van der Waals surface area (Å²) in [5.74, 6) is -2.01. The van der Waals surface area contributed by atoms with Crippen molar-refractivity contribution >= 4 is 34.8 Å². The highest BCUT2D eigenvalue weighted by molar-refractivity contribution is 6.30. The summed E-state index contributed by atoms with van der Waals surface area (Å²) in [4.78, 5) is 43.5. The fourth-order valence-corrected chi connectivity index (χ4v) is 3.88. The first-order chi connectivity index (χ1) is 17.8. The van der Waals surface area contributed by atoms with Gasteiger partial charge in [0, 0.05) is 35.5 Å². The molecule has 1 unspecified atom stereocenters. The maximum atomic E-state index is 14.5. The minimum Gasteiger partial charge on any atom is -0.321 e. The summed E-state index contributed by atoms with van der Waals surface area (Å²) in [7, 11) is 0. The number of nitrogens with zero attached hydrogens (tertiary/aromatic N) is 3. The van der Waals surface area contributed by atoms with Crippen molar-refractivity contribution in [2.45, 2.75) is 12.6 Å². The normalized spacial score (nSPS) is 11.4. The monoisotopic (exact) mass is 518 g/mol. The fraction of sp³-hybridized carbons (Fsp3) is 0.0741. The molecular formula is C27H20ClFN4O4. The van der Waals surface area contributed by atoms with Gasteiger partial charge in [0.1, 0.15) is 5.82 Å². The summed E-state index contributed by atoms with van der Waals surface area (Å²) in [5, 5.41) is 13.8. The largest absolute Gasteiger partial charge is 0.321 e. The van der Waals surface area contributed by atoms with E-state index in [0.29, 0.717) is 0 Å². The Morgan fingerprint density at radius 1 is 1.00 bits per heavy atom. The number of halogens is 2. The molecule has 1 atom stereocenters. The number of non-ortho nitro benzene ring substituents is 1. The summed E-state index contributed by atoms with van der Waals surface area (Å²) >= 11 is 5.83. The predicted molar refractivity (Wildman–Crippen MR) is 136 cm³/mol. The Kier molecular flexibility index (Phi) is 7.85. The van der Waals surface area contributed by atoms with Gasteiger partial charge in [-0.3, -0.25) is 24.7 Å². The van der Waals surface area contributed by atoms with E-state index < -0.39 is 28.6 Å². The first-order valence-corrected chi connectivity index (χ1v) is 11.5. The minimum absolute atomic E-state index is 0.00835. The number of aromatic nitrogens is 1. The van der Waals surface area contributed by atoms with E-state index >= 15 is 0 Å². The van der Waals surface area contributed by atoms with Gasteiger partial charge in [0.2, 0.25) is 0 Å². The lowest BCUT2D eigenvalue weighted by Gasteiger charge is -2.31. The molecule has 4 aromatic rings. The van der Waals surface area contributed by atoms with Crippen molar-refractivity contribution in [3.8, 4) is 0 Å². The number of nitro groups is 1. The van der Waals surface area contributed by atoms with Crippen LogP contribution in [0.25, 0.3) is 0 Å². The molecule has 0 radical (unpaired) electrons. The van der Waals surface area contributed by atoms with E-state index in [0.717, 1.165) is 11.6 Å². The number of hydrogen-bond acceptors (Lipinski definition) is 5. The molecule has 37 heavy (non-hydrogen) atoms. The summed E-state index contributed by atoms with van der Waals surface area (Å²) in [5.41, 5.74) is 0.818. The number of carbonyl (C=O) groups excluding carboxylic acids is 2. The molecule has 2 amide bonds. The molecule has 0 bridgehead atoms. The standard InChI is InChI=1S/C27H20ClFN4O4/c28-20-11-14-23(22(29)16-20)31-26(34)25(24-8-4-5-15-30-24)32(17-18-6-2-1-3-7-18)27(35)19-9-12-21(13-10-19)33(36)37/h1-16,25H,17H2,(H,31,34). The van der Waals surface area contributed by atoms with Crippen molar-refractivity contribution < 1.29 is 18.9 Å². The van der Waals surface area contributed by atoms with Crippen LogP contribution in [0.3, 0.4) is 0 Å². The average molecular weight is 519 g/mol. The van der Waals surface area contributed by atoms with Gasteiger partial charge < -0.3 is 10.2 Å². The van der Waals surface area contributed by atoms with Crippen LogP contribution in [0.4, 0.5) is 15.8 Å². The van der Waals surface area contributed by atoms with E-state index in [1.165, 1.54) is 47.5 Å². The lowest BCUT2D eigenvalue weighted by atomic mass is 10.1. The quantitative estimate of drug-likeness (QED) is 0.234. The number of benzene rings is 3. The fourth-order valence-electron chi connectivity index (χ4n) is 3.72. The van der Waals surface area contributed by atoms with Crippen LogP contribution in [0.5, 0.6) is 0 Å². The second-order valence-corrected chi connectivity index (χ2v) is 8.43. The molecule has 1 aromatic heterocycles. The molecule has 186 valence electrons. The number of rotatable bonds is 8. The number of anilines is 1. The molecule has 1 N–H and O–H groups in total. The molecule has 4 rings (SSSR count). The van der Waals surface area contributed by atoms with E-state index in [1.807, 2.05) is 6.07 Å². The summed E-state index contributed by atoms with van der Waals surface area (Å²) in [6.07, 6.45) is 1.48. The Morgan fingerprint density at radius 2 is 1.70 bits per heavy atom. The van der Waals surface area contributed by atoms with Gasteiger partial charge in [0.05, 0.1) is 16.3 Å². The van der Waals surface area contributed by atoms with Crippen molar-refractivity contribution in [1.82, 2.24) is 9.88 Å². The van der Waals surface area contributed by atoms with E-state index in [1.54, 1.807) is 42.5 Å². The summed E-state index contributed by atoms with van der Waals surface area (Å²) in [6.45, 7) is 0.00835. The highest BCUT2D eigenvalue weighted by atomic mass is 35.5. The van der Waals surface area contributed by atoms with E-state index in [9.17, 15) is 24.1 Å². The van der Waals surface area contributed by atoms with Gasteiger partial charge >= 0.3 is 0 Å². The lowest BCUT2D eigenvalue weighted by Crippen LogP contribution is -2.41. The van der Waals surface area contributed by atoms with Crippen LogP contribution in [0, 0.1) is 15.9 Å². The van der Waals surface area contributed by atoms with Crippen LogP contribution >= 0.6 is 11.6 Å². The van der Waals surface area contributed by atoms with E-state index in [-0.39, 0.29) is 34.2 Å². The summed E-state index contributed by atoms with van der Waals surface area (Å²) < 4.78 is 14.5. The van der Waals surface area contributed by atoms with Crippen LogP contribution in [0.2, 0.25) is 5.02 Å². The van der Waals surface area contributed by atoms with Crippen molar-refractivity contribution in [2.24, 2.45) is 0 Å². The van der Waals surface area contributed by atoms with Crippen molar-refractivity contribution in [3.05, 3.63) is 135 Å². The Bertz CT molecular complexity index is 1420. The van der Waals surface area contributed by atoms with Crippen LogP contribution in [0.1, 0.15) is 27.7 Å². The first kappa shape index (κ1) is 25.5. The lowest BCUT2D eigenvalue weighted by molar-refractivity contribution is -0.384. The Balaban J connectivity index is 1.78. The molecule has 0 spiro atoms. The van der Waals surface area contributed by atoms with Gasteiger partial charge in [0.25, 0.3) is 17.5 Å². The molecular weight excluding hydrogens is 499 g/mol. The smallest absolute Gasteiger partial charge is 0.269 e. The van der Waals surface area contributed by atoms with Crippen molar-refractivity contribution in [3.63, 3.8) is 0 Å². The third-order valence-corrected chi connectivity index (χ3v) is 5.73. The highest BCUT2D eigenvalue weighted by Gasteiger charge is 2.34. The summed E-state index contributed by atoms with van der Waals surface area (Å²) in [6, 6.07) is 21.5. The molecule has 1 heterocycles. The molecule has 0 saturated carbocycles. The first-order valence-electron chi connectivity index (χ1n) is 11.1. The van der Waals surface area contributed by atoms with Crippen LogP contribution in [-0.2, 0) is 11.3 Å². The Morgan fingerprint density at radius 3 is 2.32 bits per heavy atom. The molecule has 10 heteroatoms.